The topological polar surface area (TPSA) is 84.4 Å². The Morgan fingerprint density at radius 3 is 3.04 bits per heavy atom. The Labute approximate surface area is 133 Å². The van der Waals surface area contributed by atoms with Crippen molar-refractivity contribution < 1.29 is 17.5 Å². The number of fused-ring (bicyclic) bond motifs is 1. The first-order valence-corrected chi connectivity index (χ1v) is 9.03. The third-order valence-electron chi connectivity index (χ3n) is 3.59. The van der Waals surface area contributed by atoms with E-state index in [9.17, 15) is 12.8 Å². The maximum Gasteiger partial charge on any atom is 0.208 e. The molecule has 3 rings (SSSR count). The summed E-state index contributed by atoms with van der Waals surface area (Å²) in [7, 11) is -3.27. The number of hydrogen-bond donors (Lipinski definition) is 1. The molecule has 1 aliphatic rings. The van der Waals surface area contributed by atoms with Gasteiger partial charge in [-0.3, -0.25) is 0 Å². The van der Waals surface area contributed by atoms with E-state index < -0.39 is 10.0 Å². The Bertz CT molecular complexity index is 815. The number of anilines is 1. The molecule has 0 bridgehead atoms. The highest BCUT2D eigenvalue weighted by Gasteiger charge is 2.23. The van der Waals surface area contributed by atoms with Gasteiger partial charge in [0.15, 0.2) is 0 Å². The number of morpholine rings is 1. The molecule has 1 fully saturated rings. The Kier molecular flexibility index (Phi) is 4.42. The van der Waals surface area contributed by atoms with Crippen molar-refractivity contribution >= 4 is 26.7 Å². The van der Waals surface area contributed by atoms with E-state index in [1.807, 2.05) is 4.90 Å². The molecule has 1 N–H and O–H groups in total. The van der Waals surface area contributed by atoms with Crippen LogP contribution < -0.4 is 9.62 Å². The van der Waals surface area contributed by atoms with E-state index in [1.165, 1.54) is 18.5 Å². The SMILES string of the molecule is CS(=O)(=O)NCC1CN(c2ncnc3ccc(F)cc23)CCO1. The molecule has 2 aromatic rings. The lowest BCUT2D eigenvalue weighted by Crippen LogP contribution is -2.47. The molecule has 0 spiro atoms. The Morgan fingerprint density at radius 1 is 1.43 bits per heavy atom. The standard InChI is InChI=1S/C14H17FN4O3S/c1-23(20,21)18-7-11-8-19(4-5-22-11)14-12-6-10(15)2-3-13(12)16-9-17-14/h2-3,6,9,11,18H,4-5,7-8H2,1H3. The molecule has 2 heterocycles. The monoisotopic (exact) mass is 340 g/mol. The summed E-state index contributed by atoms with van der Waals surface area (Å²) in [5, 5.41) is 0.629. The van der Waals surface area contributed by atoms with Crippen molar-refractivity contribution in [3.8, 4) is 0 Å². The van der Waals surface area contributed by atoms with Gasteiger partial charge in [0, 0.05) is 25.0 Å². The highest BCUT2D eigenvalue weighted by Crippen LogP contribution is 2.25. The fourth-order valence-corrected chi connectivity index (χ4v) is 3.04. The van der Waals surface area contributed by atoms with Crippen LogP contribution >= 0.6 is 0 Å². The molecule has 1 unspecified atom stereocenters. The van der Waals surface area contributed by atoms with Crippen LogP contribution in [0.1, 0.15) is 0 Å². The molecular formula is C14H17FN4O3S. The minimum atomic E-state index is -3.27. The molecule has 23 heavy (non-hydrogen) atoms. The summed E-state index contributed by atoms with van der Waals surface area (Å²) >= 11 is 0. The molecule has 0 saturated carbocycles. The van der Waals surface area contributed by atoms with Crippen LogP contribution in [0, 0.1) is 5.82 Å². The van der Waals surface area contributed by atoms with E-state index in [1.54, 1.807) is 6.07 Å². The predicted octanol–water partition coefficient (Wildman–Crippen LogP) is 0.523. The molecule has 7 nitrogen and oxygen atoms in total. The van der Waals surface area contributed by atoms with Crippen molar-refractivity contribution in [2.75, 3.05) is 37.4 Å². The number of sulfonamides is 1. The first kappa shape index (κ1) is 16.0. The maximum atomic E-state index is 13.5. The lowest BCUT2D eigenvalue weighted by Gasteiger charge is -2.34. The molecule has 0 aliphatic carbocycles. The van der Waals surface area contributed by atoms with Crippen LogP contribution in [-0.2, 0) is 14.8 Å². The fraction of sp³-hybridized carbons (Fsp3) is 0.429. The minimum absolute atomic E-state index is 0.187. The van der Waals surface area contributed by atoms with Crippen LogP contribution in [0.15, 0.2) is 24.5 Å². The second kappa shape index (κ2) is 6.34. The number of ether oxygens (including phenoxy) is 1. The van der Waals surface area contributed by atoms with Crippen LogP contribution in [0.5, 0.6) is 0 Å². The number of rotatable bonds is 4. The van der Waals surface area contributed by atoms with Crippen molar-refractivity contribution in [3.05, 3.63) is 30.3 Å². The van der Waals surface area contributed by atoms with Crippen molar-refractivity contribution in [2.24, 2.45) is 0 Å². The Morgan fingerprint density at radius 2 is 2.26 bits per heavy atom. The molecule has 0 amide bonds. The largest absolute Gasteiger partial charge is 0.373 e. The zero-order valence-corrected chi connectivity index (χ0v) is 13.4. The zero-order chi connectivity index (χ0) is 16.4. The Hall–Kier alpha value is -1.84. The van der Waals surface area contributed by atoms with E-state index in [0.29, 0.717) is 36.4 Å². The van der Waals surface area contributed by atoms with E-state index in [-0.39, 0.29) is 18.5 Å². The molecule has 1 aliphatic heterocycles. The summed E-state index contributed by atoms with van der Waals surface area (Å²) in [5.74, 6) is 0.277. The molecule has 1 aromatic carbocycles. The third-order valence-corrected chi connectivity index (χ3v) is 4.28. The first-order valence-electron chi connectivity index (χ1n) is 7.14. The van der Waals surface area contributed by atoms with E-state index in [0.717, 1.165) is 6.26 Å². The number of halogens is 1. The van der Waals surface area contributed by atoms with Crippen LogP contribution in [0.4, 0.5) is 10.2 Å². The van der Waals surface area contributed by atoms with Gasteiger partial charge in [-0.2, -0.15) is 0 Å². The lowest BCUT2D eigenvalue weighted by atomic mass is 10.2. The molecule has 1 aromatic heterocycles. The lowest BCUT2D eigenvalue weighted by molar-refractivity contribution is 0.0441. The van der Waals surface area contributed by atoms with Crippen LogP contribution in [-0.4, -0.2) is 57.0 Å². The third kappa shape index (κ3) is 3.92. The van der Waals surface area contributed by atoms with Gasteiger partial charge in [-0.1, -0.05) is 0 Å². The average Bonchev–Trinajstić information content (AvgIpc) is 2.52. The summed E-state index contributed by atoms with van der Waals surface area (Å²) in [6, 6.07) is 4.38. The van der Waals surface area contributed by atoms with Gasteiger partial charge in [-0.05, 0) is 18.2 Å². The second-order valence-electron chi connectivity index (χ2n) is 5.42. The van der Waals surface area contributed by atoms with Gasteiger partial charge in [0.05, 0.1) is 24.5 Å². The molecule has 124 valence electrons. The summed E-state index contributed by atoms with van der Waals surface area (Å²) in [6.07, 6.45) is 2.25. The Balaban J connectivity index is 1.82. The molecular weight excluding hydrogens is 323 g/mol. The van der Waals surface area contributed by atoms with Gasteiger partial charge in [-0.25, -0.2) is 27.5 Å². The van der Waals surface area contributed by atoms with Gasteiger partial charge >= 0.3 is 0 Å². The first-order chi connectivity index (χ1) is 10.9. The quantitative estimate of drug-likeness (QED) is 0.874. The number of hydrogen-bond acceptors (Lipinski definition) is 6. The fourth-order valence-electron chi connectivity index (χ4n) is 2.55. The van der Waals surface area contributed by atoms with Gasteiger partial charge < -0.3 is 9.64 Å². The van der Waals surface area contributed by atoms with E-state index in [2.05, 4.69) is 14.7 Å². The average molecular weight is 340 g/mol. The summed E-state index contributed by atoms with van der Waals surface area (Å²) < 4.78 is 43.9. The van der Waals surface area contributed by atoms with Crippen LogP contribution in [0.25, 0.3) is 10.9 Å². The summed E-state index contributed by atoms with van der Waals surface area (Å²) in [4.78, 5) is 10.4. The van der Waals surface area contributed by atoms with E-state index >= 15 is 0 Å². The predicted molar refractivity (Wildman–Crippen MR) is 84.3 cm³/mol. The van der Waals surface area contributed by atoms with Gasteiger partial charge in [-0.15, -0.1) is 0 Å². The van der Waals surface area contributed by atoms with Gasteiger partial charge in [0.25, 0.3) is 0 Å². The van der Waals surface area contributed by atoms with Crippen molar-refractivity contribution in [3.63, 3.8) is 0 Å². The smallest absolute Gasteiger partial charge is 0.208 e. The highest BCUT2D eigenvalue weighted by molar-refractivity contribution is 7.88. The van der Waals surface area contributed by atoms with Crippen molar-refractivity contribution in [2.45, 2.75) is 6.10 Å². The summed E-state index contributed by atoms with van der Waals surface area (Å²) in [5.41, 5.74) is 0.661. The normalized spacial score (nSPS) is 19.2. The molecule has 0 radical (unpaired) electrons. The maximum absolute atomic E-state index is 13.5. The van der Waals surface area contributed by atoms with Crippen LogP contribution in [0.2, 0.25) is 0 Å². The number of aromatic nitrogens is 2. The van der Waals surface area contributed by atoms with Gasteiger partial charge in [0.2, 0.25) is 10.0 Å². The van der Waals surface area contributed by atoms with Gasteiger partial charge in [0.1, 0.15) is 18.0 Å². The highest BCUT2D eigenvalue weighted by atomic mass is 32.2. The van der Waals surface area contributed by atoms with Crippen LogP contribution in [0.3, 0.4) is 0 Å². The number of nitrogens with one attached hydrogen (secondary N) is 1. The molecule has 1 atom stereocenters. The molecule has 1 saturated heterocycles. The van der Waals surface area contributed by atoms with E-state index in [4.69, 9.17) is 4.74 Å². The second-order valence-corrected chi connectivity index (χ2v) is 7.25. The zero-order valence-electron chi connectivity index (χ0n) is 12.6. The summed E-state index contributed by atoms with van der Waals surface area (Å²) in [6.45, 7) is 1.69. The number of nitrogens with zero attached hydrogens (tertiary/aromatic N) is 3. The minimum Gasteiger partial charge on any atom is -0.373 e. The molecule has 9 heteroatoms. The van der Waals surface area contributed by atoms with Crippen molar-refractivity contribution in [1.82, 2.24) is 14.7 Å². The number of benzene rings is 1. The van der Waals surface area contributed by atoms with Crippen molar-refractivity contribution in [1.29, 1.82) is 0 Å².